The molecule has 108 valence electrons. The van der Waals surface area contributed by atoms with Gasteiger partial charge in [0.2, 0.25) is 0 Å². The molecule has 0 saturated heterocycles. The highest BCUT2D eigenvalue weighted by molar-refractivity contribution is 9.10. The molecule has 3 nitrogen and oxygen atoms in total. The summed E-state index contributed by atoms with van der Waals surface area (Å²) in [5.74, 6) is 0.857. The summed E-state index contributed by atoms with van der Waals surface area (Å²) in [6.45, 7) is 10.2. The van der Waals surface area contributed by atoms with E-state index < -0.39 is 0 Å². The number of methoxy groups -OCH3 is 1. The predicted octanol–water partition coefficient (Wildman–Crippen LogP) is 3.06. The Bertz CT molecular complexity index is 425. The lowest BCUT2D eigenvalue weighted by Gasteiger charge is -2.28. The molecule has 0 atom stereocenters. The van der Waals surface area contributed by atoms with E-state index in [1.54, 1.807) is 7.11 Å². The van der Waals surface area contributed by atoms with Crippen molar-refractivity contribution in [3.8, 4) is 5.75 Å². The molecule has 0 saturated carbocycles. The number of ether oxygens (including phenoxy) is 1. The van der Waals surface area contributed by atoms with E-state index in [-0.39, 0.29) is 11.0 Å². The molecule has 19 heavy (non-hydrogen) atoms. The molecule has 0 amide bonds. The van der Waals surface area contributed by atoms with E-state index in [1.165, 1.54) is 5.56 Å². The Labute approximate surface area is 125 Å². The molecule has 0 aromatic heterocycles. The monoisotopic (exact) mass is 328 g/mol. The van der Waals surface area contributed by atoms with Crippen LogP contribution in [-0.2, 0) is 5.41 Å². The number of benzene rings is 1. The minimum Gasteiger partial charge on any atom is -0.496 e. The maximum Gasteiger partial charge on any atom is 0.133 e. The van der Waals surface area contributed by atoms with Crippen LogP contribution in [0.15, 0.2) is 22.7 Å². The first-order chi connectivity index (χ1) is 8.65. The van der Waals surface area contributed by atoms with Crippen molar-refractivity contribution in [2.75, 3.05) is 20.2 Å². The second kappa shape index (κ2) is 6.25. The predicted molar refractivity (Wildman–Crippen MR) is 84.9 cm³/mol. The van der Waals surface area contributed by atoms with E-state index >= 15 is 0 Å². The smallest absolute Gasteiger partial charge is 0.133 e. The Morgan fingerprint density at radius 1 is 1.21 bits per heavy atom. The molecule has 0 aliphatic carbocycles. The molecular formula is C15H25BrN2O. The summed E-state index contributed by atoms with van der Waals surface area (Å²) >= 11 is 3.53. The van der Waals surface area contributed by atoms with Crippen LogP contribution in [0.4, 0.5) is 0 Å². The standard InChI is InChI=1S/C15H25BrN2O/c1-14(2,9-18-10-15(3,4)17)11-6-7-13(19-5)12(16)8-11/h6-8,18H,9-10,17H2,1-5H3. The normalized spacial score (nSPS) is 12.6. The van der Waals surface area contributed by atoms with Crippen LogP contribution in [-0.4, -0.2) is 25.7 Å². The summed E-state index contributed by atoms with van der Waals surface area (Å²) in [5.41, 5.74) is 7.10. The van der Waals surface area contributed by atoms with Gasteiger partial charge in [-0.2, -0.15) is 0 Å². The molecule has 1 aromatic rings. The fourth-order valence-electron chi connectivity index (χ4n) is 1.89. The lowest BCUT2D eigenvalue weighted by atomic mass is 9.84. The highest BCUT2D eigenvalue weighted by atomic mass is 79.9. The van der Waals surface area contributed by atoms with Gasteiger partial charge in [0.1, 0.15) is 5.75 Å². The summed E-state index contributed by atoms with van der Waals surface area (Å²) in [5, 5.41) is 3.44. The number of rotatable bonds is 6. The number of nitrogens with one attached hydrogen (secondary N) is 1. The van der Waals surface area contributed by atoms with Gasteiger partial charge in [-0.15, -0.1) is 0 Å². The van der Waals surface area contributed by atoms with E-state index in [2.05, 4.69) is 47.2 Å². The minimum atomic E-state index is -0.184. The Morgan fingerprint density at radius 2 is 1.84 bits per heavy atom. The van der Waals surface area contributed by atoms with Crippen LogP contribution < -0.4 is 15.8 Å². The zero-order valence-corrected chi connectivity index (χ0v) is 14.1. The summed E-state index contributed by atoms with van der Waals surface area (Å²) in [4.78, 5) is 0. The first kappa shape index (κ1) is 16.5. The second-order valence-corrected chi connectivity index (χ2v) is 7.18. The van der Waals surface area contributed by atoms with Gasteiger partial charge in [-0.05, 0) is 47.5 Å². The number of hydrogen-bond donors (Lipinski definition) is 2. The van der Waals surface area contributed by atoms with Crippen molar-refractivity contribution in [1.82, 2.24) is 5.32 Å². The van der Waals surface area contributed by atoms with Crippen LogP contribution in [0.3, 0.4) is 0 Å². The zero-order chi connectivity index (χ0) is 14.7. The molecular weight excluding hydrogens is 304 g/mol. The van der Waals surface area contributed by atoms with Crippen LogP contribution in [0.2, 0.25) is 0 Å². The molecule has 0 unspecified atom stereocenters. The first-order valence-corrected chi connectivity index (χ1v) is 7.29. The Kier molecular flexibility index (Phi) is 5.42. The van der Waals surface area contributed by atoms with Gasteiger partial charge >= 0.3 is 0 Å². The highest BCUT2D eigenvalue weighted by Gasteiger charge is 2.22. The quantitative estimate of drug-likeness (QED) is 0.843. The van der Waals surface area contributed by atoms with Gasteiger partial charge in [0.25, 0.3) is 0 Å². The SMILES string of the molecule is COc1ccc(C(C)(C)CNCC(C)(C)N)cc1Br. The van der Waals surface area contributed by atoms with Crippen molar-refractivity contribution in [3.63, 3.8) is 0 Å². The van der Waals surface area contributed by atoms with Crippen LogP contribution in [0.25, 0.3) is 0 Å². The third-order valence-electron chi connectivity index (χ3n) is 3.08. The average Bonchev–Trinajstić information content (AvgIpc) is 2.26. The number of nitrogens with two attached hydrogens (primary N) is 1. The summed E-state index contributed by atoms with van der Waals surface area (Å²) < 4.78 is 6.25. The molecule has 0 aliphatic rings. The molecule has 0 heterocycles. The first-order valence-electron chi connectivity index (χ1n) is 6.49. The van der Waals surface area contributed by atoms with Gasteiger partial charge < -0.3 is 15.8 Å². The lowest BCUT2D eigenvalue weighted by Crippen LogP contribution is -2.46. The largest absolute Gasteiger partial charge is 0.496 e. The Morgan fingerprint density at radius 3 is 2.32 bits per heavy atom. The van der Waals surface area contributed by atoms with Crippen LogP contribution in [0.1, 0.15) is 33.3 Å². The molecule has 0 bridgehead atoms. The lowest BCUT2D eigenvalue weighted by molar-refractivity contribution is 0.405. The van der Waals surface area contributed by atoms with E-state index in [4.69, 9.17) is 10.5 Å². The second-order valence-electron chi connectivity index (χ2n) is 6.33. The fourth-order valence-corrected chi connectivity index (χ4v) is 2.43. The molecule has 4 heteroatoms. The Balaban J connectivity index is 2.74. The molecule has 1 aromatic carbocycles. The molecule has 0 radical (unpaired) electrons. The van der Waals surface area contributed by atoms with Crippen LogP contribution in [0.5, 0.6) is 5.75 Å². The summed E-state index contributed by atoms with van der Waals surface area (Å²) in [6, 6.07) is 6.22. The maximum absolute atomic E-state index is 5.98. The number of hydrogen-bond acceptors (Lipinski definition) is 3. The van der Waals surface area contributed by atoms with Gasteiger partial charge in [-0.3, -0.25) is 0 Å². The van der Waals surface area contributed by atoms with Gasteiger partial charge in [0, 0.05) is 24.0 Å². The van der Waals surface area contributed by atoms with Gasteiger partial charge in [-0.1, -0.05) is 19.9 Å². The van der Waals surface area contributed by atoms with Gasteiger partial charge in [0.05, 0.1) is 11.6 Å². The van der Waals surface area contributed by atoms with Crippen molar-refractivity contribution >= 4 is 15.9 Å². The molecule has 3 N–H and O–H groups in total. The molecule has 0 aliphatic heterocycles. The van der Waals surface area contributed by atoms with E-state index in [1.807, 2.05) is 19.9 Å². The highest BCUT2D eigenvalue weighted by Crippen LogP contribution is 2.31. The van der Waals surface area contributed by atoms with Crippen molar-refractivity contribution in [2.24, 2.45) is 5.73 Å². The number of halogens is 1. The molecule has 0 fully saturated rings. The van der Waals surface area contributed by atoms with Crippen molar-refractivity contribution < 1.29 is 4.74 Å². The maximum atomic E-state index is 5.98. The molecule has 0 spiro atoms. The van der Waals surface area contributed by atoms with Crippen LogP contribution in [0, 0.1) is 0 Å². The van der Waals surface area contributed by atoms with Crippen molar-refractivity contribution in [1.29, 1.82) is 0 Å². The third-order valence-corrected chi connectivity index (χ3v) is 3.70. The van der Waals surface area contributed by atoms with Gasteiger partial charge in [-0.25, -0.2) is 0 Å². The summed E-state index contributed by atoms with van der Waals surface area (Å²) in [7, 11) is 1.68. The van der Waals surface area contributed by atoms with Crippen LogP contribution >= 0.6 is 15.9 Å². The topological polar surface area (TPSA) is 47.3 Å². The Hall–Kier alpha value is -0.580. The van der Waals surface area contributed by atoms with E-state index in [0.717, 1.165) is 23.3 Å². The third kappa shape index (κ3) is 5.13. The minimum absolute atomic E-state index is 0.0417. The summed E-state index contributed by atoms with van der Waals surface area (Å²) in [6.07, 6.45) is 0. The van der Waals surface area contributed by atoms with Crippen molar-refractivity contribution in [3.05, 3.63) is 28.2 Å². The average molecular weight is 329 g/mol. The van der Waals surface area contributed by atoms with Gasteiger partial charge in [0.15, 0.2) is 0 Å². The molecule has 1 rings (SSSR count). The fraction of sp³-hybridized carbons (Fsp3) is 0.600. The van der Waals surface area contributed by atoms with E-state index in [0.29, 0.717) is 0 Å². The van der Waals surface area contributed by atoms with Crippen molar-refractivity contribution in [2.45, 2.75) is 38.6 Å². The zero-order valence-electron chi connectivity index (χ0n) is 12.5. The van der Waals surface area contributed by atoms with E-state index in [9.17, 15) is 0 Å².